The average Bonchev–Trinajstić information content (AvgIpc) is 2.34. The number of hydrogen-bond donors (Lipinski definition) is 2. The van der Waals surface area contributed by atoms with Crippen molar-refractivity contribution in [2.75, 3.05) is 6.54 Å². The predicted molar refractivity (Wildman–Crippen MR) is 73.9 cm³/mol. The molecule has 1 aromatic rings. The van der Waals surface area contributed by atoms with E-state index in [9.17, 15) is 9.59 Å². The monoisotopic (exact) mass is 263 g/mol. The van der Waals surface area contributed by atoms with Crippen molar-refractivity contribution in [1.82, 2.24) is 5.32 Å². The Bertz CT molecular complexity index is 443. The fourth-order valence-electron chi connectivity index (χ4n) is 1.83. The molecule has 0 aromatic heterocycles. The Hall–Kier alpha value is -1.84. The highest BCUT2D eigenvalue weighted by Gasteiger charge is 2.08. The molecule has 0 saturated heterocycles. The van der Waals surface area contributed by atoms with Crippen LogP contribution in [0.4, 0.5) is 0 Å². The van der Waals surface area contributed by atoms with Gasteiger partial charge in [0.2, 0.25) is 5.91 Å². The topological polar surface area (TPSA) is 66.4 Å². The molecule has 0 aliphatic rings. The first-order valence-corrected chi connectivity index (χ1v) is 6.51. The number of benzene rings is 1. The van der Waals surface area contributed by atoms with Gasteiger partial charge in [0.15, 0.2) is 0 Å². The Morgan fingerprint density at radius 3 is 2.74 bits per heavy atom. The highest BCUT2D eigenvalue weighted by molar-refractivity contribution is 5.78. The summed E-state index contributed by atoms with van der Waals surface area (Å²) in [5, 5.41) is 11.4. The fraction of sp³-hybridized carbons (Fsp3) is 0.467. The van der Waals surface area contributed by atoms with Gasteiger partial charge in [0.25, 0.3) is 0 Å². The van der Waals surface area contributed by atoms with Crippen LogP contribution in [0.1, 0.15) is 30.9 Å². The first-order valence-electron chi connectivity index (χ1n) is 6.51. The molecule has 1 aromatic carbocycles. The summed E-state index contributed by atoms with van der Waals surface area (Å²) in [6.45, 7) is 4.46. The zero-order chi connectivity index (χ0) is 14.3. The highest BCUT2D eigenvalue weighted by atomic mass is 16.4. The van der Waals surface area contributed by atoms with Gasteiger partial charge in [0, 0.05) is 13.0 Å². The third kappa shape index (κ3) is 6.60. The van der Waals surface area contributed by atoms with E-state index in [1.165, 1.54) is 0 Å². The van der Waals surface area contributed by atoms with Gasteiger partial charge in [-0.15, -0.1) is 0 Å². The van der Waals surface area contributed by atoms with Gasteiger partial charge in [-0.2, -0.15) is 0 Å². The lowest BCUT2D eigenvalue weighted by Crippen LogP contribution is -2.29. The molecule has 0 bridgehead atoms. The van der Waals surface area contributed by atoms with Crippen LogP contribution in [0.2, 0.25) is 0 Å². The minimum absolute atomic E-state index is 0.0206. The van der Waals surface area contributed by atoms with E-state index in [2.05, 4.69) is 5.32 Å². The summed E-state index contributed by atoms with van der Waals surface area (Å²) in [6, 6.07) is 7.86. The lowest BCUT2D eigenvalue weighted by atomic mass is 10.1. The molecule has 1 amide bonds. The lowest BCUT2D eigenvalue weighted by Gasteiger charge is -2.11. The third-order valence-electron chi connectivity index (χ3n) is 2.95. The molecular weight excluding hydrogens is 242 g/mol. The summed E-state index contributed by atoms with van der Waals surface area (Å²) < 4.78 is 0. The Kier molecular flexibility index (Phi) is 6.06. The first kappa shape index (κ1) is 15.2. The van der Waals surface area contributed by atoms with Crippen LogP contribution in [0.3, 0.4) is 0 Å². The minimum Gasteiger partial charge on any atom is -0.481 e. The van der Waals surface area contributed by atoms with Gasteiger partial charge < -0.3 is 10.4 Å². The van der Waals surface area contributed by atoms with Crippen molar-refractivity contribution >= 4 is 11.9 Å². The van der Waals surface area contributed by atoms with Crippen molar-refractivity contribution < 1.29 is 14.7 Å². The summed E-state index contributed by atoms with van der Waals surface area (Å²) in [7, 11) is 0. The van der Waals surface area contributed by atoms with Gasteiger partial charge in [-0.1, -0.05) is 36.8 Å². The predicted octanol–water partition coefficient (Wildman–Crippen LogP) is 2.15. The van der Waals surface area contributed by atoms with Crippen molar-refractivity contribution in [3.05, 3.63) is 35.4 Å². The molecule has 0 radical (unpaired) electrons. The normalized spacial score (nSPS) is 11.9. The van der Waals surface area contributed by atoms with Gasteiger partial charge >= 0.3 is 5.97 Å². The second-order valence-corrected chi connectivity index (χ2v) is 5.01. The van der Waals surface area contributed by atoms with Crippen LogP contribution in [0, 0.1) is 12.8 Å². The molecular formula is C15H21NO3. The molecule has 0 aliphatic heterocycles. The van der Waals surface area contributed by atoms with Crippen LogP contribution < -0.4 is 5.32 Å². The fourth-order valence-corrected chi connectivity index (χ4v) is 1.83. The van der Waals surface area contributed by atoms with Crippen LogP contribution in [0.25, 0.3) is 0 Å². The first-order chi connectivity index (χ1) is 8.97. The van der Waals surface area contributed by atoms with Gasteiger partial charge in [-0.3, -0.25) is 9.59 Å². The van der Waals surface area contributed by atoms with E-state index in [1.807, 2.05) is 38.1 Å². The number of carboxylic acids is 1. The number of carbonyl (C=O) groups excluding carboxylic acids is 1. The van der Waals surface area contributed by atoms with Crippen molar-refractivity contribution in [2.24, 2.45) is 5.92 Å². The molecule has 0 heterocycles. The quantitative estimate of drug-likeness (QED) is 0.792. The average molecular weight is 263 g/mol. The molecule has 1 rings (SSSR count). The number of amides is 1. The Morgan fingerprint density at radius 2 is 2.11 bits per heavy atom. The lowest BCUT2D eigenvalue weighted by molar-refractivity contribution is -0.137. The molecule has 4 heteroatoms. The summed E-state index contributed by atoms with van der Waals surface area (Å²) in [4.78, 5) is 22.2. The Labute approximate surface area is 113 Å². The molecule has 1 atom stereocenters. The molecule has 2 N–H and O–H groups in total. The molecule has 0 spiro atoms. The number of carbonyl (C=O) groups is 2. The van der Waals surface area contributed by atoms with Crippen molar-refractivity contribution in [3.63, 3.8) is 0 Å². The summed E-state index contributed by atoms with van der Waals surface area (Å²) in [6.07, 6.45) is 1.10. The summed E-state index contributed by atoms with van der Waals surface area (Å²) in [5.41, 5.74) is 2.14. The largest absolute Gasteiger partial charge is 0.481 e. The van der Waals surface area contributed by atoms with Crippen LogP contribution >= 0.6 is 0 Å². The summed E-state index contributed by atoms with van der Waals surface area (Å²) >= 11 is 0. The molecule has 19 heavy (non-hydrogen) atoms. The second kappa shape index (κ2) is 7.56. The molecule has 104 valence electrons. The number of aliphatic carboxylic acids is 1. The maximum absolute atomic E-state index is 11.7. The number of rotatable bonds is 7. The van der Waals surface area contributed by atoms with Crippen LogP contribution in [0.5, 0.6) is 0 Å². The van der Waals surface area contributed by atoms with E-state index in [4.69, 9.17) is 5.11 Å². The molecule has 0 fully saturated rings. The van der Waals surface area contributed by atoms with Gasteiger partial charge in [-0.05, 0) is 24.8 Å². The number of aryl methyl sites for hydroxylation is 1. The minimum atomic E-state index is -0.794. The van der Waals surface area contributed by atoms with Crippen molar-refractivity contribution in [2.45, 2.75) is 33.1 Å². The zero-order valence-corrected chi connectivity index (χ0v) is 11.5. The molecule has 0 saturated carbocycles. The second-order valence-electron chi connectivity index (χ2n) is 5.01. The maximum Gasteiger partial charge on any atom is 0.303 e. The van der Waals surface area contributed by atoms with Crippen molar-refractivity contribution in [3.8, 4) is 0 Å². The molecule has 4 nitrogen and oxygen atoms in total. The SMILES string of the molecule is Cc1cccc(CC(=O)NCC(C)CCC(=O)O)c1. The third-order valence-corrected chi connectivity index (χ3v) is 2.95. The Morgan fingerprint density at radius 1 is 1.37 bits per heavy atom. The van der Waals surface area contributed by atoms with Crippen LogP contribution in [-0.2, 0) is 16.0 Å². The van der Waals surface area contributed by atoms with Gasteiger partial charge in [-0.25, -0.2) is 0 Å². The van der Waals surface area contributed by atoms with Gasteiger partial charge in [0.1, 0.15) is 0 Å². The standard InChI is InChI=1S/C15H21NO3/c1-11-4-3-5-13(8-11)9-14(17)16-10-12(2)6-7-15(18)19/h3-5,8,12H,6-7,9-10H2,1-2H3,(H,16,17)(H,18,19). The van der Waals surface area contributed by atoms with E-state index < -0.39 is 5.97 Å². The highest BCUT2D eigenvalue weighted by Crippen LogP contribution is 2.06. The van der Waals surface area contributed by atoms with E-state index in [0.29, 0.717) is 19.4 Å². The van der Waals surface area contributed by atoms with Crippen LogP contribution in [0.15, 0.2) is 24.3 Å². The number of nitrogens with one attached hydrogen (secondary N) is 1. The number of carboxylic acid groups (broad SMARTS) is 1. The van der Waals surface area contributed by atoms with E-state index in [0.717, 1.165) is 11.1 Å². The molecule has 1 unspecified atom stereocenters. The van der Waals surface area contributed by atoms with E-state index >= 15 is 0 Å². The van der Waals surface area contributed by atoms with E-state index in [1.54, 1.807) is 0 Å². The van der Waals surface area contributed by atoms with Gasteiger partial charge in [0.05, 0.1) is 6.42 Å². The smallest absolute Gasteiger partial charge is 0.303 e. The Balaban J connectivity index is 2.30. The maximum atomic E-state index is 11.7. The zero-order valence-electron chi connectivity index (χ0n) is 11.5. The van der Waals surface area contributed by atoms with Crippen molar-refractivity contribution in [1.29, 1.82) is 0 Å². The molecule has 0 aliphatic carbocycles. The number of hydrogen-bond acceptors (Lipinski definition) is 2. The van der Waals surface area contributed by atoms with Crippen LogP contribution in [-0.4, -0.2) is 23.5 Å². The van der Waals surface area contributed by atoms with E-state index in [-0.39, 0.29) is 18.2 Å². The summed E-state index contributed by atoms with van der Waals surface area (Å²) in [5.74, 6) is -0.636.